The number of nitrogens with zero attached hydrogens (tertiary/aromatic N) is 4. The molecular weight excluding hydrogens is 290 g/mol. The summed E-state index contributed by atoms with van der Waals surface area (Å²) in [4.78, 5) is 24.6. The second-order valence-electron chi connectivity index (χ2n) is 5.68. The third-order valence-electron chi connectivity index (χ3n) is 4.14. The zero-order valence-electron chi connectivity index (χ0n) is 13.0. The molecule has 23 heavy (non-hydrogen) atoms. The minimum absolute atomic E-state index is 0.0243. The lowest BCUT2D eigenvalue weighted by Gasteiger charge is -2.37. The van der Waals surface area contributed by atoms with Gasteiger partial charge in [-0.25, -0.2) is 0 Å². The first-order valence-electron chi connectivity index (χ1n) is 7.82. The summed E-state index contributed by atoms with van der Waals surface area (Å²) in [7, 11) is 0. The Labute approximate surface area is 135 Å². The molecule has 0 bridgehead atoms. The lowest BCUT2D eigenvalue weighted by molar-refractivity contribution is -0.132. The van der Waals surface area contributed by atoms with Crippen LogP contribution in [0.4, 0.5) is 5.69 Å². The second kappa shape index (κ2) is 7.19. The molecule has 0 aromatic carbocycles. The van der Waals surface area contributed by atoms with Gasteiger partial charge in [0.25, 0.3) is 0 Å². The van der Waals surface area contributed by atoms with Crippen LogP contribution in [0.15, 0.2) is 49.1 Å². The Hall–Kier alpha value is -2.47. The molecule has 0 radical (unpaired) electrons. The predicted octanol–water partition coefficient (Wildman–Crippen LogP) is 0.695. The van der Waals surface area contributed by atoms with Gasteiger partial charge in [-0.15, -0.1) is 0 Å². The van der Waals surface area contributed by atoms with E-state index in [9.17, 15) is 4.79 Å². The van der Waals surface area contributed by atoms with Gasteiger partial charge in [-0.05, 0) is 36.2 Å². The maximum Gasteiger partial charge on any atom is 0.239 e. The molecular formula is C17H21N5O. The number of rotatable bonds is 4. The number of piperazine rings is 1. The fraction of sp³-hybridized carbons (Fsp3) is 0.353. The highest BCUT2D eigenvalue weighted by Gasteiger charge is 2.25. The molecule has 6 nitrogen and oxygen atoms in total. The lowest BCUT2D eigenvalue weighted by Crippen LogP contribution is -2.53. The average molecular weight is 311 g/mol. The molecule has 3 heterocycles. The van der Waals surface area contributed by atoms with Crippen molar-refractivity contribution in [2.75, 3.05) is 31.1 Å². The van der Waals surface area contributed by atoms with Crippen LogP contribution >= 0.6 is 0 Å². The maximum absolute atomic E-state index is 12.5. The van der Waals surface area contributed by atoms with Crippen molar-refractivity contribution in [3.63, 3.8) is 0 Å². The number of hydrogen-bond acceptors (Lipinski definition) is 5. The summed E-state index contributed by atoms with van der Waals surface area (Å²) in [6.07, 6.45) is 7.57. The molecule has 1 fully saturated rings. The minimum Gasteiger partial charge on any atom is -0.368 e. The zero-order chi connectivity index (χ0) is 16.1. The molecule has 1 aliphatic heterocycles. The van der Waals surface area contributed by atoms with Gasteiger partial charge in [-0.2, -0.15) is 0 Å². The Bertz CT molecular complexity index is 626. The van der Waals surface area contributed by atoms with Gasteiger partial charge >= 0.3 is 0 Å². The summed E-state index contributed by atoms with van der Waals surface area (Å²) in [5.41, 5.74) is 8.28. The van der Waals surface area contributed by atoms with Gasteiger partial charge in [0.15, 0.2) is 0 Å². The largest absolute Gasteiger partial charge is 0.368 e. The Morgan fingerprint density at radius 1 is 1.00 bits per heavy atom. The third kappa shape index (κ3) is 3.84. The van der Waals surface area contributed by atoms with E-state index in [-0.39, 0.29) is 5.91 Å². The van der Waals surface area contributed by atoms with Crippen molar-refractivity contribution in [1.82, 2.24) is 14.9 Å². The second-order valence-corrected chi connectivity index (χ2v) is 5.68. The molecule has 0 spiro atoms. The maximum atomic E-state index is 12.5. The van der Waals surface area contributed by atoms with Crippen molar-refractivity contribution in [3.8, 4) is 0 Å². The first kappa shape index (κ1) is 15.4. The Kier molecular flexibility index (Phi) is 4.83. The molecule has 1 atom stereocenters. The van der Waals surface area contributed by atoms with Crippen LogP contribution in [0.25, 0.3) is 0 Å². The summed E-state index contributed by atoms with van der Waals surface area (Å²) >= 11 is 0. The first-order chi connectivity index (χ1) is 11.2. The summed E-state index contributed by atoms with van der Waals surface area (Å²) in [6, 6.07) is 7.28. The van der Waals surface area contributed by atoms with E-state index in [1.807, 2.05) is 29.2 Å². The number of aromatic nitrogens is 2. The molecule has 2 aromatic heterocycles. The molecule has 0 aliphatic carbocycles. The summed E-state index contributed by atoms with van der Waals surface area (Å²) in [5, 5.41) is 0. The molecule has 0 saturated carbocycles. The van der Waals surface area contributed by atoms with Crippen LogP contribution in [-0.4, -0.2) is 53.0 Å². The smallest absolute Gasteiger partial charge is 0.239 e. The van der Waals surface area contributed by atoms with Gasteiger partial charge in [-0.1, -0.05) is 0 Å². The normalized spacial score (nSPS) is 16.2. The third-order valence-corrected chi connectivity index (χ3v) is 4.14. The topological polar surface area (TPSA) is 75.3 Å². The van der Waals surface area contributed by atoms with Crippen LogP contribution in [0.3, 0.4) is 0 Å². The minimum atomic E-state index is -0.495. The number of hydrogen-bond donors (Lipinski definition) is 1. The van der Waals surface area contributed by atoms with E-state index in [2.05, 4.69) is 14.9 Å². The highest BCUT2D eigenvalue weighted by atomic mass is 16.2. The van der Waals surface area contributed by atoms with Crippen LogP contribution in [-0.2, 0) is 11.2 Å². The lowest BCUT2D eigenvalue weighted by atomic mass is 10.1. The highest BCUT2D eigenvalue weighted by Crippen LogP contribution is 2.15. The van der Waals surface area contributed by atoms with Crippen LogP contribution in [0.5, 0.6) is 0 Å². The van der Waals surface area contributed by atoms with Gasteiger partial charge in [-0.3, -0.25) is 14.8 Å². The van der Waals surface area contributed by atoms with Gasteiger partial charge in [0, 0.05) is 56.7 Å². The van der Waals surface area contributed by atoms with Gasteiger partial charge < -0.3 is 15.5 Å². The number of anilines is 1. The SMILES string of the molecule is NC(Cc1ccncc1)C(=O)N1CCN(c2ccncc2)CC1. The van der Waals surface area contributed by atoms with Crippen LogP contribution in [0.2, 0.25) is 0 Å². The molecule has 1 unspecified atom stereocenters. The summed E-state index contributed by atoms with van der Waals surface area (Å²) < 4.78 is 0. The van der Waals surface area contributed by atoms with Crippen LogP contribution in [0, 0.1) is 0 Å². The van der Waals surface area contributed by atoms with Crippen molar-refractivity contribution in [2.45, 2.75) is 12.5 Å². The molecule has 1 amide bonds. The zero-order valence-corrected chi connectivity index (χ0v) is 13.0. The monoisotopic (exact) mass is 311 g/mol. The average Bonchev–Trinajstić information content (AvgIpc) is 2.63. The van der Waals surface area contributed by atoms with E-state index in [1.54, 1.807) is 24.8 Å². The molecule has 120 valence electrons. The van der Waals surface area contributed by atoms with E-state index in [4.69, 9.17) is 5.73 Å². The molecule has 2 N–H and O–H groups in total. The van der Waals surface area contributed by atoms with Crippen LogP contribution in [0.1, 0.15) is 5.56 Å². The van der Waals surface area contributed by atoms with E-state index < -0.39 is 6.04 Å². The van der Waals surface area contributed by atoms with Crippen molar-refractivity contribution in [1.29, 1.82) is 0 Å². The number of nitrogens with two attached hydrogens (primary N) is 1. The van der Waals surface area contributed by atoms with E-state index in [0.717, 1.165) is 24.3 Å². The molecule has 6 heteroatoms. The Balaban J connectivity index is 1.54. The summed E-state index contributed by atoms with van der Waals surface area (Å²) in [6.45, 7) is 3.03. The van der Waals surface area contributed by atoms with Gasteiger partial charge in [0.05, 0.1) is 6.04 Å². The standard InChI is InChI=1S/C17H21N5O/c18-16(13-14-1-5-19-6-2-14)17(23)22-11-9-21(10-12-22)15-3-7-20-8-4-15/h1-8,16H,9-13,18H2. The highest BCUT2D eigenvalue weighted by molar-refractivity contribution is 5.82. The Morgan fingerprint density at radius 2 is 1.57 bits per heavy atom. The fourth-order valence-electron chi connectivity index (χ4n) is 2.83. The van der Waals surface area contributed by atoms with E-state index in [1.165, 1.54) is 0 Å². The molecule has 3 rings (SSSR count). The number of carbonyl (C=O) groups is 1. The molecule has 1 aliphatic rings. The fourth-order valence-corrected chi connectivity index (χ4v) is 2.83. The number of amides is 1. The Morgan fingerprint density at radius 3 is 2.17 bits per heavy atom. The van der Waals surface area contributed by atoms with Gasteiger partial charge in [0.2, 0.25) is 5.91 Å². The van der Waals surface area contributed by atoms with E-state index in [0.29, 0.717) is 19.5 Å². The number of pyridine rings is 2. The summed E-state index contributed by atoms with van der Waals surface area (Å²) in [5.74, 6) is 0.0243. The van der Waals surface area contributed by atoms with Crippen molar-refractivity contribution in [3.05, 3.63) is 54.6 Å². The van der Waals surface area contributed by atoms with Crippen LogP contribution < -0.4 is 10.6 Å². The quantitative estimate of drug-likeness (QED) is 0.899. The van der Waals surface area contributed by atoms with Crippen molar-refractivity contribution >= 4 is 11.6 Å². The predicted molar refractivity (Wildman–Crippen MR) is 88.9 cm³/mol. The molecule has 2 aromatic rings. The van der Waals surface area contributed by atoms with Gasteiger partial charge in [0.1, 0.15) is 0 Å². The number of carbonyl (C=O) groups excluding carboxylic acids is 1. The van der Waals surface area contributed by atoms with Crippen molar-refractivity contribution in [2.24, 2.45) is 5.73 Å². The van der Waals surface area contributed by atoms with E-state index >= 15 is 0 Å². The van der Waals surface area contributed by atoms with Crippen molar-refractivity contribution < 1.29 is 4.79 Å². The molecule has 1 saturated heterocycles. The first-order valence-corrected chi connectivity index (χ1v) is 7.82.